The average Bonchev–Trinajstić information content (AvgIpc) is 2.49. The van der Waals surface area contributed by atoms with E-state index in [4.69, 9.17) is 14.2 Å². The average molecular weight is 332 g/mol. The minimum Gasteiger partial charge on any atom is -0.447 e. The van der Waals surface area contributed by atoms with Crippen molar-refractivity contribution in [1.82, 2.24) is 10.6 Å². The van der Waals surface area contributed by atoms with Crippen LogP contribution in [0, 0.1) is 5.92 Å². The Morgan fingerprint density at radius 3 is 1.83 bits per heavy atom. The maximum Gasteiger partial charge on any atom is 0.407 e. The maximum atomic E-state index is 11.3. The van der Waals surface area contributed by atoms with Crippen molar-refractivity contribution in [2.24, 2.45) is 5.92 Å². The second-order valence-electron chi connectivity index (χ2n) is 5.05. The van der Waals surface area contributed by atoms with Crippen molar-refractivity contribution < 1.29 is 28.6 Å². The number of carbonyl (C=O) groups is 3. The van der Waals surface area contributed by atoms with Gasteiger partial charge in [-0.1, -0.05) is 6.92 Å². The standard InChI is InChI=1S/C15H28N2O6/c1-5-16-14(19)22-9-13(10-23-15(20)17-6-2)21-8-7-11(3)12(4)18/h11,13H,5-10H2,1-4H3,(H,16,19)(H,17,20). The van der Waals surface area contributed by atoms with E-state index in [0.29, 0.717) is 26.1 Å². The van der Waals surface area contributed by atoms with Gasteiger partial charge >= 0.3 is 12.2 Å². The van der Waals surface area contributed by atoms with Crippen molar-refractivity contribution >= 4 is 18.0 Å². The molecule has 2 N–H and O–H groups in total. The normalized spacial score (nSPS) is 11.7. The third-order valence-corrected chi connectivity index (χ3v) is 3.04. The number of nitrogens with one attached hydrogen (secondary N) is 2. The number of ether oxygens (including phenoxy) is 3. The van der Waals surface area contributed by atoms with Crippen LogP contribution in [0.1, 0.15) is 34.1 Å². The first-order valence-corrected chi connectivity index (χ1v) is 7.83. The zero-order valence-corrected chi connectivity index (χ0v) is 14.3. The third kappa shape index (κ3) is 11.4. The van der Waals surface area contributed by atoms with Gasteiger partial charge in [-0.05, 0) is 27.2 Å². The second kappa shape index (κ2) is 12.7. The van der Waals surface area contributed by atoms with Crippen LogP contribution in [-0.2, 0) is 19.0 Å². The lowest BCUT2D eigenvalue weighted by Gasteiger charge is -2.19. The number of alkyl carbamates (subject to hydrolysis) is 2. The Morgan fingerprint density at radius 2 is 1.43 bits per heavy atom. The van der Waals surface area contributed by atoms with E-state index in [0.717, 1.165) is 0 Å². The molecule has 0 aliphatic rings. The molecule has 1 atom stereocenters. The Kier molecular flexibility index (Phi) is 11.7. The summed E-state index contributed by atoms with van der Waals surface area (Å²) < 4.78 is 15.5. The predicted octanol–water partition coefficient (Wildman–Crippen LogP) is 1.48. The molecular weight excluding hydrogens is 304 g/mol. The third-order valence-electron chi connectivity index (χ3n) is 3.04. The summed E-state index contributed by atoms with van der Waals surface area (Å²) in [6, 6.07) is 0. The van der Waals surface area contributed by atoms with Crippen LogP contribution in [0.15, 0.2) is 0 Å². The summed E-state index contributed by atoms with van der Waals surface area (Å²) in [5.41, 5.74) is 0. The fourth-order valence-corrected chi connectivity index (χ4v) is 1.49. The molecule has 0 radical (unpaired) electrons. The Balaban J connectivity index is 4.27. The SMILES string of the molecule is CCNC(=O)OCC(COC(=O)NCC)OCCC(C)C(C)=O. The van der Waals surface area contributed by atoms with Crippen molar-refractivity contribution in [3.05, 3.63) is 0 Å². The molecule has 8 nitrogen and oxygen atoms in total. The minimum atomic E-state index is -0.584. The van der Waals surface area contributed by atoms with E-state index in [9.17, 15) is 14.4 Å². The van der Waals surface area contributed by atoms with Crippen molar-refractivity contribution in [2.75, 3.05) is 32.9 Å². The number of hydrogen-bond donors (Lipinski definition) is 2. The van der Waals surface area contributed by atoms with Crippen LogP contribution in [0.25, 0.3) is 0 Å². The molecule has 0 aromatic heterocycles. The van der Waals surface area contributed by atoms with Crippen LogP contribution in [0.5, 0.6) is 0 Å². The zero-order chi connectivity index (χ0) is 17.7. The molecule has 23 heavy (non-hydrogen) atoms. The molecule has 0 heterocycles. The molecule has 0 fully saturated rings. The van der Waals surface area contributed by atoms with Crippen LogP contribution in [0.3, 0.4) is 0 Å². The van der Waals surface area contributed by atoms with Gasteiger partial charge < -0.3 is 24.8 Å². The lowest BCUT2D eigenvalue weighted by Crippen LogP contribution is -2.34. The first kappa shape index (κ1) is 21.2. The molecule has 0 saturated heterocycles. The first-order chi connectivity index (χ1) is 10.9. The van der Waals surface area contributed by atoms with Crippen LogP contribution >= 0.6 is 0 Å². The first-order valence-electron chi connectivity index (χ1n) is 7.83. The molecule has 0 aliphatic carbocycles. The molecule has 0 saturated carbocycles. The molecule has 8 heteroatoms. The van der Waals surface area contributed by atoms with E-state index in [1.807, 2.05) is 6.92 Å². The highest BCUT2D eigenvalue weighted by Crippen LogP contribution is 2.05. The van der Waals surface area contributed by atoms with Crippen LogP contribution in [0.4, 0.5) is 9.59 Å². The largest absolute Gasteiger partial charge is 0.447 e. The Morgan fingerprint density at radius 1 is 0.957 bits per heavy atom. The summed E-state index contributed by atoms with van der Waals surface area (Å²) in [5, 5.41) is 4.99. The smallest absolute Gasteiger partial charge is 0.407 e. The van der Waals surface area contributed by atoms with Gasteiger partial charge in [0.15, 0.2) is 0 Å². The highest BCUT2D eigenvalue weighted by Gasteiger charge is 2.16. The van der Waals surface area contributed by atoms with Gasteiger partial charge in [-0.25, -0.2) is 9.59 Å². The molecule has 0 bridgehead atoms. The summed E-state index contributed by atoms with van der Waals surface area (Å²) in [6.45, 7) is 8.02. The van der Waals surface area contributed by atoms with Crippen LogP contribution in [0.2, 0.25) is 0 Å². The molecule has 0 aromatic rings. The number of Topliss-reactive ketones (excluding diaryl/α,β-unsaturated/α-hetero) is 1. The number of carbonyl (C=O) groups excluding carboxylic acids is 3. The number of ketones is 1. The summed E-state index contributed by atoms with van der Waals surface area (Å²) in [5.74, 6) is -0.0217. The van der Waals surface area contributed by atoms with Gasteiger partial charge in [-0.15, -0.1) is 0 Å². The Labute approximate surface area is 137 Å². The maximum absolute atomic E-state index is 11.3. The number of rotatable bonds is 11. The van der Waals surface area contributed by atoms with Gasteiger partial charge in [0.2, 0.25) is 0 Å². The van der Waals surface area contributed by atoms with E-state index in [1.165, 1.54) is 6.92 Å². The van der Waals surface area contributed by atoms with E-state index in [2.05, 4.69) is 10.6 Å². The van der Waals surface area contributed by atoms with Gasteiger partial charge in [-0.3, -0.25) is 4.79 Å². The minimum absolute atomic E-state index is 0.0420. The van der Waals surface area contributed by atoms with Crippen molar-refractivity contribution in [2.45, 2.75) is 40.2 Å². The molecule has 0 aromatic carbocycles. The monoisotopic (exact) mass is 332 g/mol. The van der Waals surface area contributed by atoms with E-state index >= 15 is 0 Å². The van der Waals surface area contributed by atoms with Crippen LogP contribution < -0.4 is 10.6 Å². The highest BCUT2D eigenvalue weighted by atomic mass is 16.6. The summed E-state index contributed by atoms with van der Waals surface area (Å²) in [6.07, 6.45) is -1.15. The molecule has 2 amide bonds. The van der Waals surface area contributed by atoms with Gasteiger partial charge in [0, 0.05) is 25.6 Å². The lowest BCUT2D eigenvalue weighted by atomic mass is 10.1. The number of hydrogen-bond acceptors (Lipinski definition) is 6. The number of amides is 2. The molecule has 0 spiro atoms. The molecule has 0 rings (SSSR count). The molecular formula is C15H28N2O6. The highest BCUT2D eigenvalue weighted by molar-refractivity contribution is 5.77. The molecule has 134 valence electrons. The second-order valence-corrected chi connectivity index (χ2v) is 5.05. The molecule has 0 aliphatic heterocycles. The Hall–Kier alpha value is -1.83. The van der Waals surface area contributed by atoms with Gasteiger partial charge in [0.05, 0.1) is 0 Å². The van der Waals surface area contributed by atoms with Crippen molar-refractivity contribution in [3.63, 3.8) is 0 Å². The topological polar surface area (TPSA) is 103 Å². The summed E-state index contributed by atoms with van der Waals surface area (Å²) >= 11 is 0. The quantitative estimate of drug-likeness (QED) is 0.594. The van der Waals surface area contributed by atoms with Gasteiger partial charge in [0.25, 0.3) is 0 Å². The Bertz CT molecular complexity index is 353. The van der Waals surface area contributed by atoms with Crippen molar-refractivity contribution in [1.29, 1.82) is 0 Å². The van der Waals surface area contributed by atoms with Gasteiger partial charge in [-0.2, -0.15) is 0 Å². The fourth-order valence-electron chi connectivity index (χ4n) is 1.49. The fraction of sp³-hybridized carbons (Fsp3) is 0.800. The van der Waals surface area contributed by atoms with E-state index < -0.39 is 18.3 Å². The van der Waals surface area contributed by atoms with Crippen molar-refractivity contribution in [3.8, 4) is 0 Å². The predicted molar refractivity (Wildman–Crippen MR) is 84.3 cm³/mol. The lowest BCUT2D eigenvalue weighted by molar-refractivity contribution is -0.121. The zero-order valence-electron chi connectivity index (χ0n) is 14.3. The van der Waals surface area contributed by atoms with E-state index in [1.54, 1.807) is 13.8 Å². The summed E-state index contributed by atoms with van der Waals surface area (Å²) in [7, 11) is 0. The van der Waals surface area contributed by atoms with Crippen LogP contribution in [-0.4, -0.2) is 57.0 Å². The van der Waals surface area contributed by atoms with Gasteiger partial charge in [0.1, 0.15) is 25.1 Å². The molecule has 1 unspecified atom stereocenters. The van der Waals surface area contributed by atoms with E-state index in [-0.39, 0.29) is 24.9 Å². The summed E-state index contributed by atoms with van der Waals surface area (Å²) in [4.78, 5) is 33.8.